The number of methoxy groups -OCH3 is 1. The molecule has 1 amide bonds. The molecule has 5 nitrogen and oxygen atoms in total. The van der Waals surface area contributed by atoms with Crippen LogP contribution in [-0.2, 0) is 9.59 Å². The standard InChI is InChI=1S/C19H27NO4/c1-14(16-6-3-7-17(12-16)24-2)11-18(21)20-10-4-5-15(13-20)8-9-19(22)23/h3,6-7,12,14-15H,4-5,8-11,13H2,1-2H3,(H,22,23). The van der Waals surface area contributed by atoms with Crippen LogP contribution >= 0.6 is 0 Å². The number of hydrogen-bond acceptors (Lipinski definition) is 3. The summed E-state index contributed by atoms with van der Waals surface area (Å²) in [6.07, 6.45) is 3.29. The van der Waals surface area contributed by atoms with Crippen molar-refractivity contribution in [2.24, 2.45) is 5.92 Å². The highest BCUT2D eigenvalue weighted by Gasteiger charge is 2.25. The average Bonchev–Trinajstić information content (AvgIpc) is 2.60. The lowest BCUT2D eigenvalue weighted by Gasteiger charge is -2.33. The molecule has 2 rings (SSSR count). The number of carbonyl (C=O) groups excluding carboxylic acids is 1. The fourth-order valence-electron chi connectivity index (χ4n) is 3.31. The second-order valence-electron chi connectivity index (χ2n) is 6.66. The van der Waals surface area contributed by atoms with Gasteiger partial charge in [0.05, 0.1) is 7.11 Å². The molecule has 1 saturated heterocycles. The van der Waals surface area contributed by atoms with Gasteiger partial charge in [0, 0.05) is 25.9 Å². The van der Waals surface area contributed by atoms with Crippen molar-refractivity contribution >= 4 is 11.9 Å². The largest absolute Gasteiger partial charge is 0.497 e. The number of aliphatic carboxylic acids is 1. The maximum Gasteiger partial charge on any atom is 0.303 e. The van der Waals surface area contributed by atoms with Gasteiger partial charge in [-0.2, -0.15) is 0 Å². The summed E-state index contributed by atoms with van der Waals surface area (Å²) < 4.78 is 5.24. The van der Waals surface area contributed by atoms with Crippen molar-refractivity contribution in [3.63, 3.8) is 0 Å². The lowest BCUT2D eigenvalue weighted by Crippen LogP contribution is -2.40. The summed E-state index contributed by atoms with van der Waals surface area (Å²) in [5.41, 5.74) is 1.10. The normalized spacial score (nSPS) is 18.9. The molecule has 1 fully saturated rings. The van der Waals surface area contributed by atoms with E-state index in [1.807, 2.05) is 29.2 Å². The number of benzene rings is 1. The monoisotopic (exact) mass is 333 g/mol. The van der Waals surface area contributed by atoms with E-state index in [1.165, 1.54) is 0 Å². The molecule has 0 radical (unpaired) electrons. The highest BCUT2D eigenvalue weighted by Crippen LogP contribution is 2.26. The predicted octanol–water partition coefficient (Wildman–Crippen LogP) is 3.29. The van der Waals surface area contributed by atoms with Crippen LogP contribution in [0.2, 0.25) is 0 Å². The molecular weight excluding hydrogens is 306 g/mol. The number of piperidine rings is 1. The molecule has 24 heavy (non-hydrogen) atoms. The Morgan fingerprint density at radius 1 is 1.42 bits per heavy atom. The van der Waals surface area contributed by atoms with Gasteiger partial charge in [0.1, 0.15) is 5.75 Å². The van der Waals surface area contributed by atoms with Crippen LogP contribution in [0.15, 0.2) is 24.3 Å². The van der Waals surface area contributed by atoms with Crippen molar-refractivity contribution in [3.8, 4) is 5.75 Å². The second-order valence-corrected chi connectivity index (χ2v) is 6.66. The van der Waals surface area contributed by atoms with Gasteiger partial charge in [-0.05, 0) is 48.8 Å². The molecule has 1 aliphatic rings. The number of rotatable bonds is 7. The third kappa shape index (κ3) is 5.25. The van der Waals surface area contributed by atoms with Crippen LogP contribution in [0.1, 0.15) is 50.5 Å². The van der Waals surface area contributed by atoms with Crippen LogP contribution in [0.4, 0.5) is 0 Å². The summed E-state index contributed by atoms with van der Waals surface area (Å²) in [5.74, 6) is 0.645. The summed E-state index contributed by atoms with van der Waals surface area (Å²) in [6, 6.07) is 7.84. The number of carbonyl (C=O) groups is 2. The number of carboxylic acid groups (broad SMARTS) is 1. The van der Waals surface area contributed by atoms with E-state index in [0.717, 1.165) is 30.7 Å². The number of likely N-dealkylation sites (tertiary alicyclic amines) is 1. The van der Waals surface area contributed by atoms with Crippen LogP contribution in [0, 0.1) is 5.92 Å². The molecule has 1 heterocycles. The SMILES string of the molecule is COc1cccc(C(C)CC(=O)N2CCCC(CCC(=O)O)C2)c1. The number of nitrogens with zero attached hydrogens (tertiary/aromatic N) is 1. The number of amides is 1. The first-order valence-corrected chi connectivity index (χ1v) is 8.63. The molecule has 1 aliphatic heterocycles. The zero-order valence-corrected chi connectivity index (χ0v) is 14.5. The van der Waals surface area contributed by atoms with Crippen LogP contribution in [0.25, 0.3) is 0 Å². The van der Waals surface area contributed by atoms with Crippen LogP contribution < -0.4 is 4.74 Å². The second kappa shape index (κ2) is 8.71. The lowest BCUT2D eigenvalue weighted by molar-refractivity contribution is -0.137. The Kier molecular flexibility index (Phi) is 6.64. The van der Waals surface area contributed by atoms with Crippen molar-refractivity contribution < 1.29 is 19.4 Å². The van der Waals surface area contributed by atoms with Crippen molar-refractivity contribution in [1.82, 2.24) is 4.90 Å². The van der Waals surface area contributed by atoms with E-state index in [0.29, 0.717) is 25.3 Å². The Morgan fingerprint density at radius 3 is 2.92 bits per heavy atom. The van der Waals surface area contributed by atoms with Gasteiger partial charge in [0.2, 0.25) is 5.91 Å². The lowest BCUT2D eigenvalue weighted by atomic mass is 9.92. The summed E-state index contributed by atoms with van der Waals surface area (Å²) in [4.78, 5) is 25.2. The van der Waals surface area contributed by atoms with Gasteiger partial charge in [-0.25, -0.2) is 0 Å². The van der Waals surface area contributed by atoms with E-state index in [4.69, 9.17) is 9.84 Å². The van der Waals surface area contributed by atoms with E-state index in [-0.39, 0.29) is 18.2 Å². The molecule has 0 saturated carbocycles. The Balaban J connectivity index is 1.89. The van der Waals surface area contributed by atoms with Crippen LogP contribution in [0.5, 0.6) is 5.75 Å². The minimum atomic E-state index is -0.759. The summed E-state index contributed by atoms with van der Waals surface area (Å²) >= 11 is 0. The van der Waals surface area contributed by atoms with Crippen LogP contribution in [0.3, 0.4) is 0 Å². The zero-order valence-electron chi connectivity index (χ0n) is 14.5. The van der Waals surface area contributed by atoms with E-state index in [2.05, 4.69) is 6.92 Å². The van der Waals surface area contributed by atoms with E-state index >= 15 is 0 Å². The fraction of sp³-hybridized carbons (Fsp3) is 0.579. The predicted molar refractivity (Wildman–Crippen MR) is 92.2 cm³/mol. The smallest absolute Gasteiger partial charge is 0.303 e. The molecule has 0 aliphatic carbocycles. The van der Waals surface area contributed by atoms with E-state index in [1.54, 1.807) is 7.11 Å². The Labute approximate surface area is 143 Å². The van der Waals surface area contributed by atoms with Gasteiger partial charge in [-0.3, -0.25) is 9.59 Å². The Hall–Kier alpha value is -2.04. The molecule has 1 aromatic carbocycles. The maximum atomic E-state index is 12.6. The molecular formula is C19H27NO4. The fourth-order valence-corrected chi connectivity index (χ4v) is 3.31. The minimum absolute atomic E-state index is 0.131. The summed E-state index contributed by atoms with van der Waals surface area (Å²) in [7, 11) is 1.64. The average molecular weight is 333 g/mol. The van der Waals surface area contributed by atoms with Gasteiger partial charge >= 0.3 is 5.97 Å². The minimum Gasteiger partial charge on any atom is -0.497 e. The molecule has 1 aromatic rings. The third-order valence-electron chi connectivity index (χ3n) is 4.78. The molecule has 2 atom stereocenters. The molecule has 132 valence electrons. The van der Waals surface area contributed by atoms with Crippen molar-refractivity contribution in [2.75, 3.05) is 20.2 Å². The van der Waals surface area contributed by atoms with Crippen molar-refractivity contribution in [2.45, 2.75) is 44.9 Å². The number of ether oxygens (including phenoxy) is 1. The van der Waals surface area contributed by atoms with Crippen molar-refractivity contribution in [1.29, 1.82) is 0 Å². The van der Waals surface area contributed by atoms with Crippen LogP contribution in [-0.4, -0.2) is 42.1 Å². The van der Waals surface area contributed by atoms with Gasteiger partial charge in [0.15, 0.2) is 0 Å². The molecule has 0 bridgehead atoms. The van der Waals surface area contributed by atoms with Crippen molar-refractivity contribution in [3.05, 3.63) is 29.8 Å². The van der Waals surface area contributed by atoms with Gasteiger partial charge in [0.25, 0.3) is 0 Å². The summed E-state index contributed by atoms with van der Waals surface area (Å²) in [6.45, 7) is 3.53. The Morgan fingerprint density at radius 2 is 2.21 bits per heavy atom. The van der Waals surface area contributed by atoms with Gasteiger partial charge in [-0.15, -0.1) is 0 Å². The quantitative estimate of drug-likeness (QED) is 0.831. The number of carboxylic acids is 1. The zero-order chi connectivity index (χ0) is 17.5. The van der Waals surface area contributed by atoms with E-state index in [9.17, 15) is 9.59 Å². The first-order chi connectivity index (χ1) is 11.5. The molecule has 1 N–H and O–H groups in total. The molecule has 0 aromatic heterocycles. The van der Waals surface area contributed by atoms with E-state index < -0.39 is 5.97 Å². The number of hydrogen-bond donors (Lipinski definition) is 1. The third-order valence-corrected chi connectivity index (χ3v) is 4.78. The maximum absolute atomic E-state index is 12.6. The molecule has 2 unspecified atom stereocenters. The topological polar surface area (TPSA) is 66.8 Å². The van der Waals surface area contributed by atoms with Gasteiger partial charge < -0.3 is 14.7 Å². The molecule has 0 spiro atoms. The highest BCUT2D eigenvalue weighted by atomic mass is 16.5. The highest BCUT2D eigenvalue weighted by molar-refractivity contribution is 5.77. The summed E-state index contributed by atoms with van der Waals surface area (Å²) in [5, 5.41) is 8.82. The first-order valence-electron chi connectivity index (χ1n) is 8.63. The van der Waals surface area contributed by atoms with Gasteiger partial charge in [-0.1, -0.05) is 19.1 Å². The molecule has 5 heteroatoms. The Bertz CT molecular complexity index is 572. The first kappa shape index (κ1) is 18.3.